The predicted octanol–water partition coefficient (Wildman–Crippen LogP) is 3.51. The van der Waals surface area contributed by atoms with Crippen LogP contribution < -0.4 is 15.2 Å². The number of nitrogens with zero attached hydrogens (tertiary/aromatic N) is 5. The van der Waals surface area contributed by atoms with E-state index in [4.69, 9.17) is 30.5 Å². The highest BCUT2D eigenvalue weighted by Gasteiger charge is 2.19. The first kappa shape index (κ1) is 21.7. The van der Waals surface area contributed by atoms with Gasteiger partial charge in [0, 0.05) is 37.8 Å². The molecule has 0 spiro atoms. The number of ether oxygens (including phenoxy) is 2. The average Bonchev–Trinajstić information content (AvgIpc) is 3.34. The molecule has 2 aliphatic rings. The molecule has 2 saturated heterocycles. The van der Waals surface area contributed by atoms with Crippen molar-refractivity contribution in [2.24, 2.45) is 5.10 Å². The summed E-state index contributed by atoms with van der Waals surface area (Å²) in [4.78, 5) is 13.8. The van der Waals surface area contributed by atoms with Crippen LogP contribution in [0.5, 0.6) is 0 Å². The van der Waals surface area contributed by atoms with E-state index in [0.717, 1.165) is 37.6 Å². The van der Waals surface area contributed by atoms with Gasteiger partial charge < -0.3 is 23.7 Å². The maximum absolute atomic E-state index is 6.27. The molecule has 0 radical (unpaired) electrons. The number of nitrogens with one attached hydrogen (secondary N) is 1. The summed E-state index contributed by atoms with van der Waals surface area (Å²) in [5.41, 5.74) is 3.87. The van der Waals surface area contributed by atoms with Crippen LogP contribution in [0.2, 0.25) is 5.02 Å². The first-order valence-corrected chi connectivity index (χ1v) is 11.3. The SMILES string of the molecule is Clc1ccccc1-c1ccc(/C=N\Nc2cc(N3CCOCC3)nc(N3CCOCC3)n2)o1. The maximum atomic E-state index is 6.27. The van der Waals surface area contributed by atoms with E-state index in [2.05, 4.69) is 25.3 Å². The van der Waals surface area contributed by atoms with Crippen LogP contribution in [0.15, 0.2) is 52.0 Å². The first-order chi connectivity index (χ1) is 16.3. The van der Waals surface area contributed by atoms with Crippen LogP contribution in [0.3, 0.4) is 0 Å². The standard InChI is InChI=1S/C23H25ClN6O3/c24-19-4-2-1-3-18(19)20-6-5-17(33-20)16-25-28-21-15-22(29-7-11-31-12-8-29)27-23(26-21)30-9-13-32-14-10-30/h1-6,15-16H,7-14H2,(H,26,27,28)/b25-16-. The third-order valence-electron chi connectivity index (χ3n) is 5.47. The average molecular weight is 469 g/mol. The fraction of sp³-hybridized carbons (Fsp3) is 0.348. The smallest absolute Gasteiger partial charge is 0.229 e. The molecule has 0 bridgehead atoms. The van der Waals surface area contributed by atoms with Crippen molar-refractivity contribution in [3.05, 3.63) is 53.2 Å². The van der Waals surface area contributed by atoms with Crippen molar-refractivity contribution in [1.82, 2.24) is 9.97 Å². The van der Waals surface area contributed by atoms with E-state index in [1.807, 2.05) is 42.5 Å². The summed E-state index contributed by atoms with van der Waals surface area (Å²) in [5.74, 6) is 3.43. The third-order valence-corrected chi connectivity index (χ3v) is 5.80. The normalized spacial score (nSPS) is 17.0. The summed E-state index contributed by atoms with van der Waals surface area (Å²) < 4.78 is 16.8. The molecule has 0 aliphatic carbocycles. The van der Waals surface area contributed by atoms with Gasteiger partial charge in [0.1, 0.15) is 17.3 Å². The number of furan rings is 1. The van der Waals surface area contributed by atoms with E-state index in [9.17, 15) is 0 Å². The maximum Gasteiger partial charge on any atom is 0.229 e. The monoisotopic (exact) mass is 468 g/mol. The van der Waals surface area contributed by atoms with Gasteiger partial charge in [-0.1, -0.05) is 23.7 Å². The zero-order valence-corrected chi connectivity index (χ0v) is 18.9. The molecule has 2 aliphatic heterocycles. The highest BCUT2D eigenvalue weighted by atomic mass is 35.5. The van der Waals surface area contributed by atoms with Crippen LogP contribution in [0.1, 0.15) is 5.76 Å². The second-order valence-electron chi connectivity index (χ2n) is 7.66. The van der Waals surface area contributed by atoms with Gasteiger partial charge in [0.05, 0.1) is 37.7 Å². The molecule has 0 atom stereocenters. The van der Waals surface area contributed by atoms with Crippen LogP contribution >= 0.6 is 11.6 Å². The third kappa shape index (κ3) is 5.27. The number of hydrogen-bond acceptors (Lipinski definition) is 9. The summed E-state index contributed by atoms with van der Waals surface area (Å²) in [6, 6.07) is 13.2. The Balaban J connectivity index is 1.34. The summed E-state index contributed by atoms with van der Waals surface area (Å²) >= 11 is 6.27. The number of benzene rings is 1. The molecule has 0 amide bonds. The Bertz CT molecular complexity index is 1070. The molecule has 10 heteroatoms. The number of halogens is 1. The highest BCUT2D eigenvalue weighted by Crippen LogP contribution is 2.28. The lowest BCUT2D eigenvalue weighted by molar-refractivity contribution is 0.121. The van der Waals surface area contributed by atoms with Crippen molar-refractivity contribution in [3.8, 4) is 11.3 Å². The number of anilines is 3. The number of morpholine rings is 2. The molecule has 9 nitrogen and oxygen atoms in total. The molecule has 0 unspecified atom stereocenters. The van der Waals surface area contributed by atoms with Gasteiger partial charge in [-0.25, -0.2) is 0 Å². The number of hydrogen-bond donors (Lipinski definition) is 1. The molecule has 33 heavy (non-hydrogen) atoms. The zero-order chi connectivity index (χ0) is 22.5. The largest absolute Gasteiger partial charge is 0.455 e. The molecular weight excluding hydrogens is 444 g/mol. The Hall–Kier alpha value is -3.14. The van der Waals surface area contributed by atoms with Crippen LogP contribution in [-0.2, 0) is 9.47 Å². The lowest BCUT2D eigenvalue weighted by Crippen LogP contribution is -2.39. The van der Waals surface area contributed by atoms with Gasteiger partial charge in [-0.15, -0.1) is 0 Å². The minimum Gasteiger partial charge on any atom is -0.455 e. The second kappa shape index (κ2) is 10.2. The van der Waals surface area contributed by atoms with Crippen molar-refractivity contribution in [3.63, 3.8) is 0 Å². The van der Waals surface area contributed by atoms with E-state index < -0.39 is 0 Å². The number of aromatic nitrogens is 2. The van der Waals surface area contributed by atoms with E-state index in [1.54, 1.807) is 6.21 Å². The van der Waals surface area contributed by atoms with E-state index >= 15 is 0 Å². The van der Waals surface area contributed by atoms with E-state index in [-0.39, 0.29) is 0 Å². The Morgan fingerprint density at radius 1 is 0.909 bits per heavy atom. The van der Waals surface area contributed by atoms with Crippen LogP contribution in [-0.4, -0.2) is 68.8 Å². The Labute approximate surface area is 197 Å². The molecule has 1 aromatic carbocycles. The predicted molar refractivity (Wildman–Crippen MR) is 128 cm³/mol. The summed E-state index contributed by atoms with van der Waals surface area (Å²) in [5, 5.41) is 4.97. The summed E-state index contributed by atoms with van der Waals surface area (Å²) in [7, 11) is 0. The Morgan fingerprint density at radius 2 is 1.64 bits per heavy atom. The molecule has 2 fully saturated rings. The van der Waals surface area contributed by atoms with Crippen LogP contribution in [0, 0.1) is 0 Å². The topological polar surface area (TPSA) is 88.2 Å². The summed E-state index contributed by atoms with van der Waals surface area (Å²) in [6.07, 6.45) is 1.62. The van der Waals surface area contributed by atoms with Gasteiger partial charge in [-0.3, -0.25) is 5.43 Å². The fourth-order valence-corrected chi connectivity index (χ4v) is 3.96. The highest BCUT2D eigenvalue weighted by molar-refractivity contribution is 6.33. The van der Waals surface area contributed by atoms with Crippen molar-refractivity contribution >= 4 is 35.4 Å². The lowest BCUT2D eigenvalue weighted by Gasteiger charge is -2.31. The van der Waals surface area contributed by atoms with Crippen LogP contribution in [0.25, 0.3) is 11.3 Å². The van der Waals surface area contributed by atoms with Gasteiger partial charge >= 0.3 is 0 Å². The lowest BCUT2D eigenvalue weighted by atomic mass is 10.2. The van der Waals surface area contributed by atoms with Gasteiger partial charge in [0.15, 0.2) is 5.82 Å². The molecule has 172 valence electrons. The molecule has 5 rings (SSSR count). The van der Waals surface area contributed by atoms with E-state index in [1.165, 1.54) is 0 Å². The molecule has 0 saturated carbocycles. The zero-order valence-electron chi connectivity index (χ0n) is 18.1. The first-order valence-electron chi connectivity index (χ1n) is 10.9. The molecule has 4 heterocycles. The van der Waals surface area contributed by atoms with Crippen LogP contribution in [0.4, 0.5) is 17.6 Å². The van der Waals surface area contributed by atoms with Gasteiger partial charge in [0.25, 0.3) is 0 Å². The van der Waals surface area contributed by atoms with Crippen molar-refractivity contribution in [2.45, 2.75) is 0 Å². The van der Waals surface area contributed by atoms with Crippen molar-refractivity contribution < 1.29 is 13.9 Å². The Morgan fingerprint density at radius 3 is 2.39 bits per heavy atom. The van der Waals surface area contributed by atoms with Crippen molar-refractivity contribution in [2.75, 3.05) is 67.8 Å². The number of hydrazone groups is 1. The van der Waals surface area contributed by atoms with Crippen molar-refractivity contribution in [1.29, 1.82) is 0 Å². The number of rotatable bonds is 6. The molecule has 1 N–H and O–H groups in total. The second-order valence-corrected chi connectivity index (χ2v) is 8.07. The fourth-order valence-electron chi connectivity index (χ4n) is 3.73. The summed E-state index contributed by atoms with van der Waals surface area (Å²) in [6.45, 7) is 5.79. The van der Waals surface area contributed by atoms with Gasteiger partial charge in [0.2, 0.25) is 5.95 Å². The minimum atomic E-state index is 0.605. The minimum absolute atomic E-state index is 0.605. The molecular formula is C23H25ClN6O3. The Kier molecular flexibility index (Phi) is 6.71. The molecule has 2 aromatic heterocycles. The van der Waals surface area contributed by atoms with Gasteiger partial charge in [-0.05, 0) is 24.3 Å². The van der Waals surface area contributed by atoms with E-state index in [0.29, 0.717) is 54.7 Å². The molecule has 3 aromatic rings. The van der Waals surface area contributed by atoms with Gasteiger partial charge in [-0.2, -0.15) is 15.1 Å². The quantitative estimate of drug-likeness (QED) is 0.434.